The van der Waals surface area contributed by atoms with Crippen LogP contribution in [-0.2, 0) is 14.4 Å². The van der Waals surface area contributed by atoms with Crippen molar-refractivity contribution >= 4 is 29.5 Å². The van der Waals surface area contributed by atoms with Crippen molar-refractivity contribution in [3.05, 3.63) is 66.2 Å². The van der Waals surface area contributed by atoms with Crippen LogP contribution in [0.2, 0.25) is 0 Å². The molecule has 2 aliphatic heterocycles. The summed E-state index contributed by atoms with van der Waals surface area (Å²) < 4.78 is 5.22. The van der Waals surface area contributed by atoms with Crippen LogP contribution >= 0.6 is 11.8 Å². The number of nitrogens with one attached hydrogen (secondary N) is 1. The number of thioether (sulfide) groups is 1. The van der Waals surface area contributed by atoms with E-state index >= 15 is 0 Å². The molecule has 2 aliphatic rings. The normalized spacial score (nSPS) is 24.3. The number of rotatable bonds is 6. The van der Waals surface area contributed by atoms with Crippen molar-refractivity contribution in [2.75, 3.05) is 0 Å². The van der Waals surface area contributed by atoms with E-state index in [1.807, 2.05) is 12.1 Å². The van der Waals surface area contributed by atoms with E-state index in [1.54, 1.807) is 62.4 Å². The van der Waals surface area contributed by atoms with E-state index in [-0.39, 0.29) is 51.4 Å². The van der Waals surface area contributed by atoms with E-state index in [1.165, 1.54) is 16.7 Å². The molecule has 7 nitrogen and oxygen atoms in total. The van der Waals surface area contributed by atoms with E-state index < -0.39 is 46.1 Å². The summed E-state index contributed by atoms with van der Waals surface area (Å²) >= 11 is 1.35. The van der Waals surface area contributed by atoms with Crippen molar-refractivity contribution in [2.24, 2.45) is 0 Å². The van der Waals surface area contributed by atoms with Gasteiger partial charge < -0.3 is 24.9 Å². The van der Waals surface area contributed by atoms with E-state index in [9.17, 15) is 19.5 Å². The van der Waals surface area contributed by atoms with Gasteiger partial charge in [-0.05, 0) is 26.0 Å². The summed E-state index contributed by atoms with van der Waals surface area (Å²) in [7, 11) is 0. The number of β-lactam (4-membered cyclic amide) rings is 1. The van der Waals surface area contributed by atoms with Gasteiger partial charge >= 0.3 is 51.4 Å². The molecule has 2 aromatic rings. The standard InChI is InChI=1S/C22H22N2O5S.K/c1-22(2)17(21(27)28)24-19(26)15(20(24)30-22)23-18(25)16(13-9-5-3-6-10-13)29-14-11-7-4-8-12-14;/h3-12,15-17,20H,1-2H3,(H,23,25)(H,27,28);/q;+1/p-1/t15-,16?,17+,20-;/m1./s1. The molecule has 2 heterocycles. The number of benzene rings is 2. The van der Waals surface area contributed by atoms with Crippen molar-refractivity contribution < 1.29 is 75.6 Å². The Morgan fingerprint density at radius 1 is 1.10 bits per heavy atom. The van der Waals surface area contributed by atoms with Crippen LogP contribution in [0.1, 0.15) is 25.5 Å². The second-order valence-corrected chi connectivity index (χ2v) is 9.56. The van der Waals surface area contributed by atoms with Crippen LogP contribution in [0.15, 0.2) is 60.7 Å². The van der Waals surface area contributed by atoms with E-state index in [0.717, 1.165) is 0 Å². The molecular weight excluding hydrogens is 443 g/mol. The van der Waals surface area contributed by atoms with Crippen LogP contribution in [-0.4, -0.2) is 44.9 Å². The molecule has 1 unspecified atom stereocenters. The van der Waals surface area contributed by atoms with Gasteiger partial charge in [0.05, 0.1) is 12.0 Å². The molecule has 0 aliphatic carbocycles. The molecule has 0 bridgehead atoms. The van der Waals surface area contributed by atoms with Crippen molar-refractivity contribution in [1.29, 1.82) is 0 Å². The van der Waals surface area contributed by atoms with Gasteiger partial charge in [0.25, 0.3) is 5.91 Å². The van der Waals surface area contributed by atoms with Crippen molar-refractivity contribution in [3.63, 3.8) is 0 Å². The Kier molecular flexibility index (Phi) is 7.55. The van der Waals surface area contributed by atoms with Crippen LogP contribution < -0.4 is 66.5 Å². The molecule has 9 heteroatoms. The largest absolute Gasteiger partial charge is 1.00 e. The third-order valence-electron chi connectivity index (χ3n) is 5.30. The Morgan fingerprint density at radius 3 is 2.26 bits per heavy atom. The van der Waals surface area contributed by atoms with Gasteiger partial charge in [-0.1, -0.05) is 48.5 Å². The summed E-state index contributed by atoms with van der Waals surface area (Å²) in [4.78, 5) is 38.6. The summed E-state index contributed by atoms with van der Waals surface area (Å²) in [6, 6.07) is 16.1. The molecule has 1 N–H and O–H groups in total. The number of fused-ring (bicyclic) bond motifs is 1. The van der Waals surface area contributed by atoms with Crippen molar-refractivity contribution in [3.8, 4) is 5.75 Å². The van der Waals surface area contributed by atoms with Gasteiger partial charge in [-0.3, -0.25) is 9.59 Å². The smallest absolute Gasteiger partial charge is 0.548 e. The van der Waals surface area contributed by atoms with Crippen LogP contribution in [0.25, 0.3) is 0 Å². The van der Waals surface area contributed by atoms with Crippen molar-refractivity contribution in [1.82, 2.24) is 10.2 Å². The fourth-order valence-corrected chi connectivity index (χ4v) is 5.51. The molecule has 2 fully saturated rings. The minimum absolute atomic E-state index is 0. The molecule has 0 spiro atoms. The van der Waals surface area contributed by atoms with E-state index in [4.69, 9.17) is 4.74 Å². The third-order valence-corrected chi connectivity index (χ3v) is 6.87. The Morgan fingerprint density at radius 2 is 1.68 bits per heavy atom. The SMILES string of the molecule is CC1(C)S[C@@H]2[C@H](NC(=O)C(Oc3ccccc3)c3ccccc3)C(=O)N2[C@H]1C(=O)[O-].[K+]. The Balaban J connectivity index is 0.00000272. The number of para-hydroxylation sites is 1. The summed E-state index contributed by atoms with van der Waals surface area (Å²) in [5, 5.41) is 13.9. The van der Waals surface area contributed by atoms with Gasteiger partial charge in [-0.25, -0.2) is 0 Å². The number of carbonyl (C=O) groups is 3. The molecule has 0 saturated carbocycles. The summed E-state index contributed by atoms with van der Waals surface area (Å²) in [5.74, 6) is -1.65. The first-order valence-corrected chi connectivity index (χ1v) is 10.5. The summed E-state index contributed by atoms with van der Waals surface area (Å²) in [6.07, 6.45) is -0.952. The van der Waals surface area contributed by atoms with Crippen LogP contribution in [0.4, 0.5) is 0 Å². The molecule has 156 valence electrons. The fraction of sp³-hybridized carbons (Fsp3) is 0.318. The average molecular weight is 465 g/mol. The van der Waals surface area contributed by atoms with Gasteiger partial charge in [0.15, 0.2) is 0 Å². The number of amides is 2. The van der Waals surface area contributed by atoms with Crippen LogP contribution in [0.3, 0.4) is 0 Å². The Hall–Kier alpha value is -1.36. The first-order valence-electron chi connectivity index (χ1n) is 9.57. The van der Waals surface area contributed by atoms with Gasteiger partial charge in [0.2, 0.25) is 12.0 Å². The number of hydrogen-bond donors (Lipinski definition) is 1. The van der Waals surface area contributed by atoms with E-state index in [2.05, 4.69) is 5.32 Å². The molecular formula is C22H21KN2O5S. The average Bonchev–Trinajstić information content (AvgIpc) is 2.99. The zero-order chi connectivity index (χ0) is 21.5. The number of carbonyl (C=O) groups excluding carboxylic acids is 3. The predicted octanol–water partition coefficient (Wildman–Crippen LogP) is -1.89. The maximum atomic E-state index is 13.1. The number of nitrogens with zero attached hydrogens (tertiary/aromatic N) is 1. The van der Waals surface area contributed by atoms with Gasteiger partial charge in [-0.2, -0.15) is 0 Å². The Labute approximate surface area is 227 Å². The fourth-order valence-electron chi connectivity index (χ4n) is 3.89. The van der Waals surface area contributed by atoms with Gasteiger partial charge in [0, 0.05) is 10.3 Å². The zero-order valence-electron chi connectivity index (χ0n) is 17.5. The second kappa shape index (κ2) is 9.64. The molecule has 2 aromatic carbocycles. The molecule has 2 saturated heterocycles. The summed E-state index contributed by atoms with van der Waals surface area (Å²) in [5.41, 5.74) is 0.648. The number of aliphatic carboxylic acids is 1. The number of carboxylic acid groups (broad SMARTS) is 1. The Bertz CT molecular complexity index is 972. The first-order chi connectivity index (χ1) is 14.3. The monoisotopic (exact) mass is 464 g/mol. The minimum Gasteiger partial charge on any atom is -0.548 e. The van der Waals surface area contributed by atoms with E-state index in [0.29, 0.717) is 11.3 Å². The zero-order valence-corrected chi connectivity index (χ0v) is 21.4. The number of carboxylic acids is 1. The summed E-state index contributed by atoms with van der Waals surface area (Å²) in [6.45, 7) is 3.52. The van der Waals surface area contributed by atoms with Crippen LogP contribution in [0, 0.1) is 0 Å². The molecule has 4 atom stereocenters. The first kappa shape index (κ1) is 24.3. The topological polar surface area (TPSA) is 98.8 Å². The molecule has 4 rings (SSSR count). The predicted molar refractivity (Wildman–Crippen MR) is 109 cm³/mol. The van der Waals surface area contributed by atoms with Crippen LogP contribution in [0.5, 0.6) is 5.75 Å². The number of hydrogen-bond acceptors (Lipinski definition) is 6. The quantitative estimate of drug-likeness (QED) is 0.397. The molecule has 0 radical (unpaired) electrons. The van der Waals surface area contributed by atoms with Gasteiger partial charge in [0.1, 0.15) is 17.2 Å². The minimum atomic E-state index is -1.29. The third kappa shape index (κ3) is 4.72. The van der Waals surface area contributed by atoms with Crippen molar-refractivity contribution in [2.45, 2.75) is 42.2 Å². The number of ether oxygens (including phenoxy) is 1. The maximum absolute atomic E-state index is 13.1. The second-order valence-electron chi connectivity index (χ2n) is 7.79. The van der Waals surface area contributed by atoms with Gasteiger partial charge in [-0.15, -0.1) is 11.8 Å². The maximum Gasteiger partial charge on any atom is 1.00 e. The molecule has 0 aromatic heterocycles. The molecule has 31 heavy (non-hydrogen) atoms. The molecule has 2 amide bonds.